The van der Waals surface area contributed by atoms with Crippen LogP contribution in [0.1, 0.15) is 11.7 Å². The van der Waals surface area contributed by atoms with E-state index in [1.807, 2.05) is 0 Å². The van der Waals surface area contributed by atoms with Gasteiger partial charge in [-0.3, -0.25) is 0 Å². The fourth-order valence-corrected chi connectivity index (χ4v) is 3.61. The van der Waals surface area contributed by atoms with Crippen molar-refractivity contribution >= 4 is 0 Å². The zero-order chi connectivity index (χ0) is 24.0. The normalized spacial score (nSPS) is 24.7. The predicted molar refractivity (Wildman–Crippen MR) is 116 cm³/mol. The van der Waals surface area contributed by atoms with Crippen molar-refractivity contribution in [2.75, 3.05) is 34.5 Å². The fourth-order valence-electron chi connectivity index (χ4n) is 3.61. The second-order valence-corrected chi connectivity index (χ2v) is 7.44. The van der Waals surface area contributed by atoms with Gasteiger partial charge in [-0.1, -0.05) is 18.2 Å². The molecule has 0 aliphatic carbocycles. The number of benzene rings is 2. The van der Waals surface area contributed by atoms with Crippen molar-refractivity contribution in [3.63, 3.8) is 0 Å². The van der Waals surface area contributed by atoms with E-state index in [1.165, 1.54) is 33.5 Å². The average Bonchev–Trinajstić information content (AvgIpc) is 2.84. The molecule has 0 amide bonds. The number of rotatable bonds is 10. The number of aromatic hydroxyl groups is 1. The van der Waals surface area contributed by atoms with Crippen LogP contribution in [0.3, 0.4) is 0 Å². The zero-order valence-electron chi connectivity index (χ0n) is 18.7. The van der Waals surface area contributed by atoms with E-state index in [4.69, 9.17) is 28.4 Å². The smallest absolute Gasteiger partial charge is 0.186 e. The Hall–Kier alpha value is -2.60. The Morgan fingerprint density at radius 1 is 1.00 bits per heavy atom. The van der Waals surface area contributed by atoms with Gasteiger partial charge in [-0.2, -0.15) is 0 Å². The molecule has 10 nitrogen and oxygen atoms in total. The molecule has 0 bridgehead atoms. The maximum Gasteiger partial charge on any atom is 0.186 e. The maximum absolute atomic E-state index is 10.6. The van der Waals surface area contributed by atoms with Crippen LogP contribution >= 0.6 is 0 Å². The van der Waals surface area contributed by atoms with Gasteiger partial charge in [0.15, 0.2) is 35.4 Å². The number of methoxy groups -OCH3 is 3. The second kappa shape index (κ2) is 11.5. The van der Waals surface area contributed by atoms with Crippen LogP contribution < -0.4 is 14.2 Å². The summed E-state index contributed by atoms with van der Waals surface area (Å²) < 4.78 is 33.5. The summed E-state index contributed by atoms with van der Waals surface area (Å²) >= 11 is 0. The Balaban J connectivity index is 2.00. The third-order valence-corrected chi connectivity index (χ3v) is 5.36. The van der Waals surface area contributed by atoms with Crippen molar-refractivity contribution in [3.05, 3.63) is 48.0 Å². The summed E-state index contributed by atoms with van der Waals surface area (Å²) in [6.07, 6.45) is -6.59. The predicted octanol–water partition coefficient (Wildman–Crippen LogP) is 1.00. The third kappa shape index (κ3) is 5.67. The number of phenols is 1. The minimum atomic E-state index is -1.32. The summed E-state index contributed by atoms with van der Waals surface area (Å²) in [6.45, 7) is -0.603. The summed E-state index contributed by atoms with van der Waals surface area (Å²) in [7, 11) is 4.29. The molecule has 0 saturated carbocycles. The molecule has 6 atom stereocenters. The SMILES string of the molecule is COc1cc([C@@H](O[C@H]2[C@H](OC)OC[C@@H](O)[C@@H]2O)[C@H](CO)Oc2ccccc2OC)ccc1O. The van der Waals surface area contributed by atoms with Gasteiger partial charge in [-0.15, -0.1) is 0 Å². The van der Waals surface area contributed by atoms with Gasteiger partial charge in [0.2, 0.25) is 0 Å². The van der Waals surface area contributed by atoms with Gasteiger partial charge in [-0.05, 0) is 29.8 Å². The van der Waals surface area contributed by atoms with E-state index in [9.17, 15) is 20.4 Å². The van der Waals surface area contributed by atoms with Crippen LogP contribution in [-0.4, -0.2) is 85.7 Å². The largest absolute Gasteiger partial charge is 0.504 e. The van der Waals surface area contributed by atoms with E-state index in [-0.39, 0.29) is 18.1 Å². The molecule has 2 aromatic carbocycles. The molecule has 0 unspecified atom stereocenters. The average molecular weight is 466 g/mol. The first-order chi connectivity index (χ1) is 15.9. The monoisotopic (exact) mass is 466 g/mol. The van der Waals surface area contributed by atoms with E-state index < -0.39 is 43.4 Å². The molecule has 0 spiro atoms. The topological polar surface area (TPSA) is 136 Å². The van der Waals surface area contributed by atoms with Crippen LogP contribution in [0.15, 0.2) is 42.5 Å². The van der Waals surface area contributed by atoms with Crippen molar-refractivity contribution < 1.29 is 48.8 Å². The molecular formula is C23H30O10. The van der Waals surface area contributed by atoms with Gasteiger partial charge in [0.25, 0.3) is 0 Å². The highest BCUT2D eigenvalue weighted by molar-refractivity contribution is 5.43. The zero-order valence-corrected chi connectivity index (χ0v) is 18.7. The number of ether oxygens (including phenoxy) is 6. The van der Waals surface area contributed by atoms with Crippen LogP contribution in [0, 0.1) is 0 Å². The van der Waals surface area contributed by atoms with Crippen molar-refractivity contribution in [3.8, 4) is 23.0 Å². The molecule has 0 aromatic heterocycles. The molecule has 33 heavy (non-hydrogen) atoms. The van der Waals surface area contributed by atoms with Crippen LogP contribution in [0.2, 0.25) is 0 Å². The first-order valence-electron chi connectivity index (χ1n) is 10.4. The highest BCUT2D eigenvalue weighted by Crippen LogP contribution is 2.37. The summed E-state index contributed by atoms with van der Waals surface area (Å²) in [6, 6.07) is 11.4. The Morgan fingerprint density at radius 2 is 1.70 bits per heavy atom. The van der Waals surface area contributed by atoms with E-state index in [0.29, 0.717) is 17.1 Å². The molecule has 1 heterocycles. The molecule has 3 rings (SSSR count). The van der Waals surface area contributed by atoms with Crippen LogP contribution in [0.25, 0.3) is 0 Å². The molecular weight excluding hydrogens is 436 g/mol. The molecule has 182 valence electrons. The number of hydrogen-bond acceptors (Lipinski definition) is 10. The number of aliphatic hydroxyl groups is 3. The molecule has 10 heteroatoms. The van der Waals surface area contributed by atoms with E-state index in [1.54, 1.807) is 30.3 Å². The molecule has 1 saturated heterocycles. The Bertz CT molecular complexity index is 889. The Labute approximate surface area is 191 Å². The van der Waals surface area contributed by atoms with Gasteiger partial charge in [0.1, 0.15) is 24.4 Å². The lowest BCUT2D eigenvalue weighted by Crippen LogP contribution is -2.55. The highest BCUT2D eigenvalue weighted by Gasteiger charge is 2.43. The van der Waals surface area contributed by atoms with Gasteiger partial charge in [0.05, 0.1) is 27.4 Å². The summed E-state index contributed by atoms with van der Waals surface area (Å²) in [4.78, 5) is 0. The van der Waals surface area contributed by atoms with E-state index in [0.717, 1.165) is 0 Å². The molecule has 1 aliphatic rings. The molecule has 2 aromatic rings. The summed E-state index contributed by atoms with van der Waals surface area (Å²) in [5.74, 6) is 0.905. The van der Waals surface area contributed by atoms with Crippen molar-refractivity contribution in [1.82, 2.24) is 0 Å². The van der Waals surface area contributed by atoms with Crippen LogP contribution in [-0.2, 0) is 14.2 Å². The number of para-hydroxylation sites is 2. The van der Waals surface area contributed by atoms with E-state index in [2.05, 4.69) is 0 Å². The van der Waals surface area contributed by atoms with Crippen molar-refractivity contribution in [2.24, 2.45) is 0 Å². The molecule has 1 fully saturated rings. The Morgan fingerprint density at radius 3 is 2.33 bits per heavy atom. The van der Waals surface area contributed by atoms with Gasteiger partial charge >= 0.3 is 0 Å². The number of phenolic OH excluding ortho intramolecular Hbond substituents is 1. The lowest BCUT2D eigenvalue weighted by atomic mass is 10.0. The van der Waals surface area contributed by atoms with Crippen LogP contribution in [0.5, 0.6) is 23.0 Å². The van der Waals surface area contributed by atoms with Crippen molar-refractivity contribution in [2.45, 2.75) is 36.8 Å². The van der Waals surface area contributed by atoms with Gasteiger partial charge in [-0.25, -0.2) is 0 Å². The maximum atomic E-state index is 10.6. The fraction of sp³-hybridized carbons (Fsp3) is 0.478. The third-order valence-electron chi connectivity index (χ3n) is 5.36. The molecule has 1 aliphatic heterocycles. The highest BCUT2D eigenvalue weighted by atomic mass is 16.7. The lowest BCUT2D eigenvalue weighted by Gasteiger charge is -2.40. The second-order valence-electron chi connectivity index (χ2n) is 7.44. The first-order valence-corrected chi connectivity index (χ1v) is 10.4. The standard InChI is InChI=1S/C23H30O10/c1-28-16-6-4-5-7-17(16)32-19(11-24)21(13-8-9-14(25)18(10-13)29-2)33-22-20(27)15(26)12-31-23(22)30-3/h4-10,15,19-27H,11-12H2,1-3H3/t15-,19+,20+,21-,22-,23-/m1/s1. The quantitative estimate of drug-likeness (QED) is 0.401. The first kappa shape index (κ1) is 25.0. The minimum Gasteiger partial charge on any atom is -0.504 e. The van der Waals surface area contributed by atoms with Gasteiger partial charge < -0.3 is 48.8 Å². The lowest BCUT2D eigenvalue weighted by molar-refractivity contribution is -0.289. The van der Waals surface area contributed by atoms with Crippen LogP contribution in [0.4, 0.5) is 0 Å². The van der Waals surface area contributed by atoms with Gasteiger partial charge in [0, 0.05) is 7.11 Å². The number of aliphatic hydroxyl groups excluding tert-OH is 3. The summed E-state index contributed by atoms with van der Waals surface area (Å²) in [5.41, 5.74) is 0.473. The Kier molecular flexibility index (Phi) is 8.73. The van der Waals surface area contributed by atoms with Crippen molar-refractivity contribution in [1.29, 1.82) is 0 Å². The molecule has 0 radical (unpaired) electrons. The summed E-state index contributed by atoms with van der Waals surface area (Å²) in [5, 5.41) is 40.9. The van der Waals surface area contributed by atoms with E-state index >= 15 is 0 Å². The number of hydrogen-bond donors (Lipinski definition) is 4. The minimum absolute atomic E-state index is 0.0857. The molecule has 4 N–H and O–H groups in total.